The molecule has 2 rings (SSSR count). The van der Waals surface area contributed by atoms with E-state index >= 15 is 0 Å². The number of aromatic nitrogens is 1. The third-order valence-corrected chi connectivity index (χ3v) is 5.06. The van der Waals surface area contributed by atoms with Gasteiger partial charge in [-0.2, -0.15) is 0 Å². The quantitative estimate of drug-likeness (QED) is 0.921. The van der Waals surface area contributed by atoms with E-state index in [4.69, 9.17) is 4.52 Å². The van der Waals surface area contributed by atoms with Crippen molar-refractivity contribution >= 4 is 10.0 Å². The molecule has 114 valence electrons. The molecule has 1 aromatic carbocycles. The van der Waals surface area contributed by atoms with Crippen molar-refractivity contribution in [3.05, 3.63) is 35.7 Å². The van der Waals surface area contributed by atoms with Crippen LogP contribution in [0.1, 0.15) is 31.7 Å². The van der Waals surface area contributed by atoms with Crippen molar-refractivity contribution in [2.75, 3.05) is 0 Å². The average molecular weight is 308 g/mol. The van der Waals surface area contributed by atoms with Crippen molar-refractivity contribution in [2.45, 2.75) is 45.1 Å². The Hall–Kier alpha value is -1.66. The lowest BCUT2D eigenvalue weighted by Crippen LogP contribution is -2.31. The molecule has 6 heteroatoms. The van der Waals surface area contributed by atoms with Crippen molar-refractivity contribution in [1.82, 2.24) is 9.88 Å². The molecule has 0 amide bonds. The minimum absolute atomic E-state index is 0.0859. The van der Waals surface area contributed by atoms with Crippen molar-refractivity contribution in [1.29, 1.82) is 0 Å². The van der Waals surface area contributed by atoms with Gasteiger partial charge in [-0.1, -0.05) is 24.2 Å². The molecular weight excluding hydrogens is 288 g/mol. The van der Waals surface area contributed by atoms with E-state index in [-0.39, 0.29) is 10.9 Å². The zero-order chi connectivity index (χ0) is 15.6. The summed E-state index contributed by atoms with van der Waals surface area (Å²) >= 11 is 0. The van der Waals surface area contributed by atoms with Gasteiger partial charge in [0, 0.05) is 11.6 Å². The third-order valence-electron chi connectivity index (χ3n) is 3.46. The molecule has 0 radical (unpaired) electrons. The zero-order valence-corrected chi connectivity index (χ0v) is 13.5. The number of aryl methyl sites for hydroxylation is 2. The van der Waals surface area contributed by atoms with Gasteiger partial charge < -0.3 is 4.52 Å². The monoisotopic (exact) mass is 308 g/mol. The van der Waals surface area contributed by atoms with E-state index in [0.717, 1.165) is 29.0 Å². The van der Waals surface area contributed by atoms with Gasteiger partial charge in [0.15, 0.2) is 0 Å². The molecule has 1 N–H and O–H groups in total. The Balaban J connectivity index is 2.32. The second kappa shape index (κ2) is 5.99. The maximum absolute atomic E-state index is 12.2. The Morgan fingerprint density at radius 3 is 2.33 bits per heavy atom. The van der Waals surface area contributed by atoms with Gasteiger partial charge in [0.1, 0.15) is 5.76 Å². The minimum Gasteiger partial charge on any atom is -0.361 e. The Bertz CT molecular complexity index is 698. The van der Waals surface area contributed by atoms with Gasteiger partial charge in [0.05, 0.1) is 10.6 Å². The van der Waals surface area contributed by atoms with Crippen LogP contribution in [-0.2, 0) is 10.0 Å². The molecule has 0 bridgehead atoms. The summed E-state index contributed by atoms with van der Waals surface area (Å²) < 4.78 is 32.2. The molecule has 0 fully saturated rings. The van der Waals surface area contributed by atoms with Crippen molar-refractivity contribution in [3.8, 4) is 11.1 Å². The van der Waals surface area contributed by atoms with Gasteiger partial charge in [0.25, 0.3) is 0 Å². The molecule has 1 aromatic heterocycles. The summed E-state index contributed by atoms with van der Waals surface area (Å²) in [5.74, 6) is 0.723. The first-order chi connectivity index (χ1) is 9.85. The van der Waals surface area contributed by atoms with Crippen LogP contribution in [0.5, 0.6) is 0 Å². The number of nitrogens with one attached hydrogen (secondary N) is 1. The Kier molecular flexibility index (Phi) is 4.49. The van der Waals surface area contributed by atoms with Crippen LogP contribution in [0.4, 0.5) is 0 Å². The van der Waals surface area contributed by atoms with Gasteiger partial charge >= 0.3 is 0 Å². The molecule has 0 aliphatic rings. The number of sulfonamides is 1. The SMILES string of the molecule is CCC(C)NS(=O)(=O)c1ccc(-c2c(C)noc2C)cc1. The highest BCUT2D eigenvalue weighted by Crippen LogP contribution is 2.27. The zero-order valence-electron chi connectivity index (χ0n) is 12.7. The smallest absolute Gasteiger partial charge is 0.240 e. The lowest BCUT2D eigenvalue weighted by atomic mass is 10.0. The number of nitrogens with zero attached hydrogens (tertiary/aromatic N) is 1. The summed E-state index contributed by atoms with van der Waals surface area (Å²) in [6.07, 6.45) is 0.746. The van der Waals surface area contributed by atoms with Crippen LogP contribution < -0.4 is 4.72 Å². The first-order valence-electron chi connectivity index (χ1n) is 6.90. The Morgan fingerprint density at radius 2 is 1.86 bits per heavy atom. The van der Waals surface area contributed by atoms with E-state index in [1.54, 1.807) is 24.3 Å². The normalized spacial score (nSPS) is 13.3. The Morgan fingerprint density at radius 1 is 1.24 bits per heavy atom. The van der Waals surface area contributed by atoms with Crippen LogP contribution in [0.3, 0.4) is 0 Å². The van der Waals surface area contributed by atoms with E-state index in [1.165, 1.54) is 0 Å². The molecule has 0 saturated heterocycles. The summed E-state index contributed by atoms with van der Waals surface area (Å²) in [7, 11) is -3.47. The molecule has 1 unspecified atom stereocenters. The van der Waals surface area contributed by atoms with Crippen LogP contribution >= 0.6 is 0 Å². The minimum atomic E-state index is -3.47. The second-order valence-corrected chi connectivity index (χ2v) is 6.87. The predicted octanol–water partition coefficient (Wildman–Crippen LogP) is 3.04. The molecule has 0 saturated carbocycles. The summed E-state index contributed by atoms with van der Waals surface area (Å²) in [6, 6.07) is 6.67. The fraction of sp³-hybridized carbons (Fsp3) is 0.400. The summed E-state index contributed by atoms with van der Waals surface area (Å²) in [6.45, 7) is 7.48. The van der Waals surface area contributed by atoms with Gasteiger partial charge in [0.2, 0.25) is 10.0 Å². The van der Waals surface area contributed by atoms with Crippen LogP contribution in [0, 0.1) is 13.8 Å². The third kappa shape index (κ3) is 3.33. The van der Waals surface area contributed by atoms with E-state index < -0.39 is 10.0 Å². The highest BCUT2D eigenvalue weighted by Gasteiger charge is 2.17. The molecular formula is C15H20N2O3S. The van der Waals surface area contributed by atoms with E-state index in [9.17, 15) is 8.42 Å². The maximum Gasteiger partial charge on any atom is 0.240 e. The van der Waals surface area contributed by atoms with Gasteiger partial charge in [-0.3, -0.25) is 0 Å². The number of hydrogen-bond acceptors (Lipinski definition) is 4. The molecule has 0 aliphatic carbocycles. The fourth-order valence-electron chi connectivity index (χ4n) is 2.11. The summed E-state index contributed by atoms with van der Waals surface area (Å²) in [5, 5.41) is 3.91. The van der Waals surface area contributed by atoms with Gasteiger partial charge in [-0.05, 0) is 44.9 Å². The second-order valence-electron chi connectivity index (χ2n) is 5.15. The van der Waals surface area contributed by atoms with E-state index in [2.05, 4.69) is 9.88 Å². The van der Waals surface area contributed by atoms with Crippen molar-refractivity contribution in [2.24, 2.45) is 0 Å². The highest BCUT2D eigenvalue weighted by molar-refractivity contribution is 7.89. The van der Waals surface area contributed by atoms with Crippen molar-refractivity contribution in [3.63, 3.8) is 0 Å². The predicted molar refractivity (Wildman–Crippen MR) is 81.5 cm³/mol. The molecule has 1 heterocycles. The molecule has 1 atom stereocenters. The first kappa shape index (κ1) is 15.7. The standard InChI is InChI=1S/C15H20N2O3S/c1-5-10(2)17-21(18,19)14-8-6-13(7-9-14)15-11(3)16-20-12(15)4/h6-10,17H,5H2,1-4H3. The van der Waals surface area contributed by atoms with Gasteiger partial charge in [-0.25, -0.2) is 13.1 Å². The fourth-order valence-corrected chi connectivity index (χ4v) is 3.44. The molecule has 21 heavy (non-hydrogen) atoms. The van der Waals surface area contributed by atoms with Crippen molar-refractivity contribution < 1.29 is 12.9 Å². The number of hydrogen-bond donors (Lipinski definition) is 1. The summed E-state index contributed by atoms with van der Waals surface area (Å²) in [4.78, 5) is 0.262. The molecule has 2 aromatic rings. The number of rotatable bonds is 5. The molecule has 0 aliphatic heterocycles. The average Bonchev–Trinajstić information content (AvgIpc) is 2.78. The maximum atomic E-state index is 12.2. The number of benzene rings is 1. The van der Waals surface area contributed by atoms with Crippen LogP contribution in [0.25, 0.3) is 11.1 Å². The van der Waals surface area contributed by atoms with E-state index in [0.29, 0.717) is 0 Å². The summed E-state index contributed by atoms with van der Waals surface area (Å²) in [5.41, 5.74) is 2.60. The first-order valence-corrected chi connectivity index (χ1v) is 8.39. The van der Waals surface area contributed by atoms with E-state index in [1.807, 2.05) is 27.7 Å². The topological polar surface area (TPSA) is 72.2 Å². The van der Waals surface area contributed by atoms with Crippen LogP contribution in [0.2, 0.25) is 0 Å². The molecule has 5 nitrogen and oxygen atoms in total. The lowest BCUT2D eigenvalue weighted by molar-refractivity contribution is 0.393. The largest absolute Gasteiger partial charge is 0.361 e. The highest BCUT2D eigenvalue weighted by atomic mass is 32.2. The van der Waals surface area contributed by atoms with Crippen LogP contribution in [-0.4, -0.2) is 19.6 Å². The van der Waals surface area contributed by atoms with Gasteiger partial charge in [-0.15, -0.1) is 0 Å². The lowest BCUT2D eigenvalue weighted by Gasteiger charge is -2.12. The molecule has 0 spiro atoms. The van der Waals surface area contributed by atoms with Crippen LogP contribution in [0.15, 0.2) is 33.7 Å². The Labute approximate surface area is 125 Å².